The normalized spacial score (nSPS) is 18.8. The molecule has 0 N–H and O–H groups in total. The van der Waals surface area contributed by atoms with Gasteiger partial charge in [0.1, 0.15) is 24.7 Å². The SMILES string of the molecule is CSc1nc2nc(C)cc(OCC3CN(C(=O)c4coc5c4C(=O)CCC5)CCO3)n2n1. The Morgan fingerprint density at radius 3 is 3.06 bits per heavy atom. The standard InChI is InChI=1S/C21H23N5O5S/c1-12-8-17(26-20(22-12)23-21(24-26)32-2)31-10-13-9-25(6-7-29-13)19(28)14-11-30-16-5-3-4-15(27)18(14)16/h8,11,13H,3-7,9-10H2,1-2H3. The number of furan rings is 1. The van der Waals surface area contributed by atoms with Crippen LogP contribution in [0.5, 0.6) is 5.88 Å². The second kappa shape index (κ2) is 8.55. The van der Waals surface area contributed by atoms with Gasteiger partial charge in [-0.1, -0.05) is 11.8 Å². The molecule has 3 aromatic rings. The summed E-state index contributed by atoms with van der Waals surface area (Å²) >= 11 is 1.43. The van der Waals surface area contributed by atoms with Gasteiger partial charge in [-0.25, -0.2) is 4.98 Å². The topological polar surface area (TPSA) is 112 Å². The highest BCUT2D eigenvalue weighted by atomic mass is 32.2. The van der Waals surface area contributed by atoms with E-state index in [1.807, 2.05) is 13.2 Å². The fourth-order valence-corrected chi connectivity index (χ4v) is 4.39. The molecule has 3 aromatic heterocycles. The minimum absolute atomic E-state index is 0.0222. The molecule has 0 bridgehead atoms. The zero-order chi connectivity index (χ0) is 22.2. The summed E-state index contributed by atoms with van der Waals surface area (Å²) in [6.07, 6.45) is 4.89. The number of thioether (sulfide) groups is 1. The molecule has 0 spiro atoms. The molecule has 1 saturated heterocycles. The first-order valence-electron chi connectivity index (χ1n) is 10.5. The molecule has 2 aliphatic rings. The molecule has 11 heteroatoms. The van der Waals surface area contributed by atoms with Crippen LogP contribution in [0.2, 0.25) is 0 Å². The number of carbonyl (C=O) groups is 2. The number of hydrogen-bond donors (Lipinski definition) is 0. The van der Waals surface area contributed by atoms with Crippen molar-refractivity contribution in [1.29, 1.82) is 0 Å². The van der Waals surface area contributed by atoms with Gasteiger partial charge < -0.3 is 18.8 Å². The van der Waals surface area contributed by atoms with Crippen LogP contribution in [0.1, 0.15) is 45.0 Å². The van der Waals surface area contributed by atoms with Crippen molar-refractivity contribution in [2.75, 3.05) is 32.6 Å². The number of carbonyl (C=O) groups excluding carboxylic acids is 2. The van der Waals surface area contributed by atoms with Gasteiger partial charge in [-0.05, 0) is 19.6 Å². The van der Waals surface area contributed by atoms with E-state index in [9.17, 15) is 9.59 Å². The maximum atomic E-state index is 13.1. The van der Waals surface area contributed by atoms with Gasteiger partial charge in [-0.15, -0.1) is 5.10 Å². The van der Waals surface area contributed by atoms with Crippen molar-refractivity contribution in [3.05, 3.63) is 34.9 Å². The average molecular weight is 458 g/mol. The summed E-state index contributed by atoms with van der Waals surface area (Å²) in [5.41, 5.74) is 1.57. The molecular weight excluding hydrogens is 434 g/mol. The van der Waals surface area contributed by atoms with Crippen molar-refractivity contribution in [3.8, 4) is 5.88 Å². The zero-order valence-corrected chi connectivity index (χ0v) is 18.7. The number of fused-ring (bicyclic) bond motifs is 2. The van der Waals surface area contributed by atoms with Gasteiger partial charge in [-0.2, -0.15) is 9.50 Å². The van der Waals surface area contributed by atoms with Gasteiger partial charge in [-0.3, -0.25) is 9.59 Å². The minimum atomic E-state index is -0.321. The van der Waals surface area contributed by atoms with E-state index in [-0.39, 0.29) is 24.4 Å². The summed E-state index contributed by atoms with van der Waals surface area (Å²) in [4.78, 5) is 35.9. The molecular formula is C21H23N5O5S. The van der Waals surface area contributed by atoms with Crippen LogP contribution in [0.25, 0.3) is 5.78 Å². The second-order valence-electron chi connectivity index (χ2n) is 7.83. The number of nitrogens with zero attached hydrogens (tertiary/aromatic N) is 5. The van der Waals surface area contributed by atoms with E-state index in [1.54, 1.807) is 15.5 Å². The van der Waals surface area contributed by atoms with Gasteiger partial charge in [0.2, 0.25) is 11.0 Å². The Morgan fingerprint density at radius 2 is 2.22 bits per heavy atom. The lowest BCUT2D eigenvalue weighted by Gasteiger charge is -2.32. The fourth-order valence-electron chi connectivity index (χ4n) is 4.06. The third kappa shape index (κ3) is 3.86. The monoisotopic (exact) mass is 457 g/mol. The molecule has 1 aliphatic carbocycles. The molecule has 1 atom stereocenters. The Hall–Kier alpha value is -2.92. The highest BCUT2D eigenvalue weighted by molar-refractivity contribution is 7.98. The van der Waals surface area contributed by atoms with Crippen LogP contribution < -0.4 is 4.74 Å². The predicted molar refractivity (Wildman–Crippen MR) is 114 cm³/mol. The lowest BCUT2D eigenvalue weighted by molar-refractivity contribution is -0.0410. The molecule has 0 saturated carbocycles. The molecule has 0 aromatic carbocycles. The minimum Gasteiger partial charge on any atom is -0.475 e. The lowest BCUT2D eigenvalue weighted by atomic mass is 9.93. The van der Waals surface area contributed by atoms with E-state index >= 15 is 0 Å². The number of ketones is 1. The number of amides is 1. The highest BCUT2D eigenvalue weighted by Crippen LogP contribution is 2.28. The lowest BCUT2D eigenvalue weighted by Crippen LogP contribution is -2.47. The van der Waals surface area contributed by atoms with Crippen LogP contribution in [0.4, 0.5) is 0 Å². The second-order valence-corrected chi connectivity index (χ2v) is 8.60. The van der Waals surface area contributed by atoms with Crippen LogP contribution in [0.15, 0.2) is 21.9 Å². The molecule has 10 nitrogen and oxygen atoms in total. The summed E-state index contributed by atoms with van der Waals surface area (Å²) in [5, 5.41) is 5.00. The fraction of sp³-hybridized carbons (Fsp3) is 0.476. The smallest absolute Gasteiger partial charge is 0.258 e. The Labute approximate surface area is 188 Å². The van der Waals surface area contributed by atoms with Crippen molar-refractivity contribution in [2.45, 2.75) is 37.4 Å². The third-order valence-electron chi connectivity index (χ3n) is 5.60. The van der Waals surface area contributed by atoms with Crippen LogP contribution in [0.3, 0.4) is 0 Å². The first-order chi connectivity index (χ1) is 15.5. The Balaban J connectivity index is 1.29. The number of Topliss-reactive ketones (excluding diaryl/α,β-unsaturated/α-hetero) is 1. The summed E-state index contributed by atoms with van der Waals surface area (Å²) in [6, 6.07) is 1.79. The molecule has 4 heterocycles. The molecule has 5 rings (SSSR count). The first kappa shape index (κ1) is 21.0. The number of rotatable bonds is 5. The van der Waals surface area contributed by atoms with Gasteiger partial charge in [0, 0.05) is 31.1 Å². The van der Waals surface area contributed by atoms with Crippen molar-refractivity contribution in [2.24, 2.45) is 0 Å². The molecule has 1 fully saturated rings. The molecule has 32 heavy (non-hydrogen) atoms. The largest absolute Gasteiger partial charge is 0.475 e. The van der Waals surface area contributed by atoms with Gasteiger partial charge in [0.05, 0.1) is 24.3 Å². The third-order valence-corrected chi connectivity index (χ3v) is 6.14. The Bertz CT molecular complexity index is 1190. The predicted octanol–water partition coefficient (Wildman–Crippen LogP) is 2.19. The van der Waals surface area contributed by atoms with Crippen LogP contribution in [0, 0.1) is 6.92 Å². The highest BCUT2D eigenvalue weighted by Gasteiger charge is 2.32. The van der Waals surface area contributed by atoms with Crippen molar-refractivity contribution < 1.29 is 23.5 Å². The number of hydrogen-bond acceptors (Lipinski definition) is 9. The van der Waals surface area contributed by atoms with Gasteiger partial charge in [0.15, 0.2) is 5.78 Å². The van der Waals surface area contributed by atoms with Crippen molar-refractivity contribution in [3.63, 3.8) is 0 Å². The average Bonchev–Trinajstić information content (AvgIpc) is 3.42. The van der Waals surface area contributed by atoms with Gasteiger partial charge >= 0.3 is 0 Å². The quantitative estimate of drug-likeness (QED) is 0.532. The van der Waals surface area contributed by atoms with Crippen LogP contribution in [-0.4, -0.2) is 74.8 Å². The maximum Gasteiger partial charge on any atom is 0.258 e. The molecule has 0 radical (unpaired) electrons. The van der Waals surface area contributed by atoms with E-state index in [4.69, 9.17) is 13.9 Å². The van der Waals surface area contributed by atoms with E-state index in [1.165, 1.54) is 18.0 Å². The Kier molecular flexibility index (Phi) is 5.60. The van der Waals surface area contributed by atoms with Crippen LogP contribution >= 0.6 is 11.8 Å². The van der Waals surface area contributed by atoms with Crippen molar-refractivity contribution in [1.82, 2.24) is 24.5 Å². The molecule has 1 aliphatic heterocycles. The zero-order valence-electron chi connectivity index (χ0n) is 17.9. The first-order valence-corrected chi connectivity index (χ1v) is 11.7. The summed E-state index contributed by atoms with van der Waals surface area (Å²) in [7, 11) is 0. The maximum absolute atomic E-state index is 13.1. The summed E-state index contributed by atoms with van der Waals surface area (Å²) in [5.74, 6) is 1.38. The van der Waals surface area contributed by atoms with E-state index in [0.717, 1.165) is 12.1 Å². The molecule has 168 valence electrons. The number of ether oxygens (including phenoxy) is 2. The number of aromatic nitrogens is 4. The number of morpholine rings is 1. The molecule has 1 unspecified atom stereocenters. The van der Waals surface area contributed by atoms with E-state index in [0.29, 0.717) is 66.2 Å². The van der Waals surface area contributed by atoms with E-state index in [2.05, 4.69) is 15.1 Å². The molecule has 1 amide bonds. The summed E-state index contributed by atoms with van der Waals surface area (Å²) in [6.45, 7) is 3.29. The van der Waals surface area contributed by atoms with Crippen LogP contribution in [-0.2, 0) is 11.2 Å². The van der Waals surface area contributed by atoms with Gasteiger partial charge in [0.25, 0.3) is 11.7 Å². The summed E-state index contributed by atoms with van der Waals surface area (Å²) < 4.78 is 18.9. The number of aryl methyl sites for hydroxylation is 2. The Morgan fingerprint density at radius 1 is 1.34 bits per heavy atom. The van der Waals surface area contributed by atoms with E-state index < -0.39 is 0 Å². The van der Waals surface area contributed by atoms with Crippen molar-refractivity contribution >= 4 is 29.2 Å².